The first-order valence-corrected chi connectivity index (χ1v) is 8.10. The van der Waals surface area contributed by atoms with Crippen molar-refractivity contribution in [2.24, 2.45) is 0 Å². The smallest absolute Gasteiger partial charge is 0.272 e. The first-order chi connectivity index (χ1) is 11.1. The van der Waals surface area contributed by atoms with Gasteiger partial charge in [0.25, 0.3) is 5.91 Å². The fourth-order valence-electron chi connectivity index (χ4n) is 3.04. The van der Waals surface area contributed by atoms with Gasteiger partial charge in [-0.3, -0.25) is 4.79 Å². The van der Waals surface area contributed by atoms with E-state index in [1.165, 1.54) is 24.0 Å². The molecule has 0 bridgehead atoms. The fraction of sp³-hybridized carbons (Fsp3) is 0.389. The highest BCUT2D eigenvalue weighted by atomic mass is 16.2. The molecule has 3 rings (SSSR count). The number of rotatable bonds is 4. The van der Waals surface area contributed by atoms with Crippen LogP contribution in [0.5, 0.6) is 0 Å². The van der Waals surface area contributed by atoms with Gasteiger partial charge in [0.05, 0.1) is 0 Å². The molecule has 0 spiro atoms. The summed E-state index contributed by atoms with van der Waals surface area (Å²) >= 11 is 0. The average Bonchev–Trinajstić information content (AvgIpc) is 3.00. The summed E-state index contributed by atoms with van der Waals surface area (Å²) in [5.41, 5.74) is 3.71. The summed E-state index contributed by atoms with van der Waals surface area (Å²) in [6.07, 6.45) is 4.50. The number of carbonyl (C=O) groups excluding carboxylic acids is 1. The number of nitrogens with zero attached hydrogens (tertiary/aromatic N) is 2. The van der Waals surface area contributed by atoms with Gasteiger partial charge in [0.15, 0.2) is 11.5 Å². The van der Waals surface area contributed by atoms with E-state index in [0.717, 1.165) is 18.5 Å². The first-order valence-electron chi connectivity index (χ1n) is 8.10. The molecular weight excluding hydrogens is 288 g/mol. The monoisotopic (exact) mass is 310 g/mol. The predicted molar refractivity (Wildman–Crippen MR) is 91.0 cm³/mol. The molecule has 2 N–H and O–H groups in total. The number of hydrogen-bond donors (Lipinski definition) is 2. The summed E-state index contributed by atoms with van der Waals surface area (Å²) in [6.45, 7) is 4.11. The van der Waals surface area contributed by atoms with E-state index in [4.69, 9.17) is 0 Å². The van der Waals surface area contributed by atoms with E-state index in [1.54, 1.807) is 12.1 Å². The van der Waals surface area contributed by atoms with Gasteiger partial charge in [-0.2, -0.15) is 0 Å². The summed E-state index contributed by atoms with van der Waals surface area (Å²) < 4.78 is 0. The number of carbonyl (C=O) groups is 1. The summed E-state index contributed by atoms with van der Waals surface area (Å²) in [6, 6.07) is 10.0. The Bertz CT molecular complexity index is 670. The predicted octanol–water partition coefficient (Wildman–Crippen LogP) is 3.51. The van der Waals surface area contributed by atoms with Crippen molar-refractivity contribution in [1.82, 2.24) is 15.5 Å². The van der Waals surface area contributed by atoms with Gasteiger partial charge in [0.1, 0.15) is 0 Å². The minimum Gasteiger partial charge on any atom is -0.348 e. The standard InChI is InChI=1S/C18H22N4O/c1-12-9-13(2)11-15(10-12)19-17-8-7-16(21-22-17)18(23)20-14-5-3-4-6-14/h7-11,14H,3-6H2,1-2H3,(H,19,22)(H,20,23). The molecule has 1 saturated carbocycles. The van der Waals surface area contributed by atoms with Crippen LogP contribution in [0.2, 0.25) is 0 Å². The van der Waals surface area contributed by atoms with Crippen molar-refractivity contribution in [3.63, 3.8) is 0 Å². The molecule has 5 heteroatoms. The van der Waals surface area contributed by atoms with E-state index in [2.05, 4.69) is 52.9 Å². The van der Waals surface area contributed by atoms with Crippen LogP contribution < -0.4 is 10.6 Å². The van der Waals surface area contributed by atoms with Gasteiger partial charge >= 0.3 is 0 Å². The maximum atomic E-state index is 12.1. The van der Waals surface area contributed by atoms with Gasteiger partial charge < -0.3 is 10.6 Å². The molecule has 1 fully saturated rings. The third-order valence-electron chi connectivity index (χ3n) is 4.08. The molecule has 1 amide bonds. The molecule has 0 radical (unpaired) electrons. The Labute approximate surface area is 136 Å². The molecule has 1 heterocycles. The molecule has 5 nitrogen and oxygen atoms in total. The van der Waals surface area contributed by atoms with Gasteiger partial charge in [-0.15, -0.1) is 10.2 Å². The lowest BCUT2D eigenvalue weighted by Crippen LogP contribution is -2.33. The largest absolute Gasteiger partial charge is 0.348 e. The number of aromatic nitrogens is 2. The third kappa shape index (κ3) is 4.06. The zero-order valence-electron chi connectivity index (χ0n) is 13.6. The van der Waals surface area contributed by atoms with Crippen molar-refractivity contribution in [3.05, 3.63) is 47.2 Å². The van der Waals surface area contributed by atoms with Gasteiger partial charge in [0.2, 0.25) is 0 Å². The Balaban J connectivity index is 1.65. The summed E-state index contributed by atoms with van der Waals surface area (Å²) in [4.78, 5) is 12.1. The van der Waals surface area contributed by atoms with Gasteiger partial charge in [-0.05, 0) is 62.1 Å². The lowest BCUT2D eigenvalue weighted by molar-refractivity contribution is 0.0932. The van der Waals surface area contributed by atoms with Crippen LogP contribution in [0.3, 0.4) is 0 Å². The second-order valence-corrected chi connectivity index (χ2v) is 6.26. The Morgan fingerprint density at radius 2 is 1.74 bits per heavy atom. The number of anilines is 2. The van der Waals surface area contributed by atoms with Gasteiger partial charge in [0, 0.05) is 11.7 Å². The number of benzene rings is 1. The summed E-state index contributed by atoms with van der Waals surface area (Å²) in [5, 5.41) is 14.4. The van der Waals surface area contributed by atoms with Crippen molar-refractivity contribution >= 4 is 17.4 Å². The molecule has 0 saturated heterocycles. The van der Waals surface area contributed by atoms with Crippen LogP contribution in [-0.4, -0.2) is 22.1 Å². The topological polar surface area (TPSA) is 66.9 Å². The number of aryl methyl sites for hydroxylation is 2. The second kappa shape index (κ2) is 6.77. The molecule has 23 heavy (non-hydrogen) atoms. The Hall–Kier alpha value is -2.43. The van der Waals surface area contributed by atoms with E-state index in [9.17, 15) is 4.79 Å². The van der Waals surface area contributed by atoms with E-state index in [-0.39, 0.29) is 11.9 Å². The molecular formula is C18H22N4O. The van der Waals surface area contributed by atoms with Crippen LogP contribution in [0.1, 0.15) is 47.3 Å². The number of hydrogen-bond acceptors (Lipinski definition) is 4. The summed E-state index contributed by atoms with van der Waals surface area (Å²) in [5.74, 6) is 0.495. The normalized spacial score (nSPS) is 14.7. The molecule has 1 aromatic heterocycles. The van der Waals surface area contributed by atoms with Crippen molar-refractivity contribution in [3.8, 4) is 0 Å². The molecule has 0 atom stereocenters. The Kier molecular flexibility index (Phi) is 4.55. The van der Waals surface area contributed by atoms with E-state index in [1.807, 2.05) is 0 Å². The zero-order chi connectivity index (χ0) is 16.2. The van der Waals surface area contributed by atoms with Gasteiger partial charge in [-0.1, -0.05) is 18.9 Å². The van der Waals surface area contributed by atoms with Crippen LogP contribution in [0.25, 0.3) is 0 Å². The third-order valence-corrected chi connectivity index (χ3v) is 4.08. The van der Waals surface area contributed by atoms with Crippen molar-refractivity contribution < 1.29 is 4.79 Å². The fourth-order valence-corrected chi connectivity index (χ4v) is 3.04. The summed E-state index contributed by atoms with van der Waals surface area (Å²) in [7, 11) is 0. The molecule has 1 aliphatic carbocycles. The van der Waals surface area contributed by atoms with E-state index >= 15 is 0 Å². The lowest BCUT2D eigenvalue weighted by Gasteiger charge is -2.11. The van der Waals surface area contributed by atoms with Crippen molar-refractivity contribution in [2.45, 2.75) is 45.6 Å². The molecule has 0 unspecified atom stereocenters. The number of nitrogens with one attached hydrogen (secondary N) is 2. The van der Waals surface area contributed by atoms with E-state index in [0.29, 0.717) is 11.5 Å². The number of amides is 1. The Morgan fingerprint density at radius 3 is 2.35 bits per heavy atom. The van der Waals surface area contributed by atoms with E-state index < -0.39 is 0 Å². The van der Waals surface area contributed by atoms with Crippen LogP contribution >= 0.6 is 0 Å². The quantitative estimate of drug-likeness (QED) is 0.907. The maximum Gasteiger partial charge on any atom is 0.272 e. The van der Waals surface area contributed by atoms with Crippen molar-refractivity contribution in [1.29, 1.82) is 0 Å². The zero-order valence-corrected chi connectivity index (χ0v) is 13.6. The highest BCUT2D eigenvalue weighted by molar-refractivity contribution is 5.92. The average molecular weight is 310 g/mol. The molecule has 0 aliphatic heterocycles. The molecule has 1 aromatic carbocycles. The molecule has 120 valence electrons. The van der Waals surface area contributed by atoms with Crippen LogP contribution in [-0.2, 0) is 0 Å². The lowest BCUT2D eigenvalue weighted by atomic mass is 10.1. The minimum absolute atomic E-state index is 0.137. The first kappa shape index (κ1) is 15.5. The molecule has 2 aromatic rings. The SMILES string of the molecule is Cc1cc(C)cc(Nc2ccc(C(=O)NC3CCCC3)nn2)c1. The second-order valence-electron chi connectivity index (χ2n) is 6.26. The minimum atomic E-state index is -0.137. The van der Waals surface area contributed by atoms with Crippen LogP contribution in [0.4, 0.5) is 11.5 Å². The maximum absolute atomic E-state index is 12.1. The van der Waals surface area contributed by atoms with Crippen LogP contribution in [0, 0.1) is 13.8 Å². The van der Waals surface area contributed by atoms with Gasteiger partial charge in [-0.25, -0.2) is 0 Å². The Morgan fingerprint density at radius 1 is 1.04 bits per heavy atom. The van der Waals surface area contributed by atoms with Crippen molar-refractivity contribution in [2.75, 3.05) is 5.32 Å². The highest BCUT2D eigenvalue weighted by Gasteiger charge is 2.18. The van der Waals surface area contributed by atoms with Crippen LogP contribution in [0.15, 0.2) is 30.3 Å². The highest BCUT2D eigenvalue weighted by Crippen LogP contribution is 2.19. The molecule has 1 aliphatic rings.